The molecular weight excluding hydrogens is 478 g/mol. The monoisotopic (exact) mass is 511 g/mol. The van der Waals surface area contributed by atoms with Gasteiger partial charge in [0.05, 0.1) is 30.0 Å². The molecule has 0 aliphatic carbocycles. The van der Waals surface area contributed by atoms with E-state index in [0.717, 1.165) is 78.7 Å². The number of nitrogens with zero attached hydrogens (tertiary/aromatic N) is 5. The van der Waals surface area contributed by atoms with Crippen LogP contribution in [0.1, 0.15) is 48.8 Å². The molecule has 4 aromatic rings. The lowest BCUT2D eigenvalue weighted by Gasteiger charge is -2.29. The smallest absolute Gasteiger partial charge is 0.354 e. The first kappa shape index (κ1) is 24.4. The number of ether oxygens (including phenoxy) is 1. The van der Waals surface area contributed by atoms with E-state index in [1.807, 2.05) is 16.8 Å². The van der Waals surface area contributed by atoms with Crippen LogP contribution in [-0.2, 0) is 4.74 Å². The zero-order valence-corrected chi connectivity index (χ0v) is 21.9. The largest absolute Gasteiger partial charge is 0.477 e. The van der Waals surface area contributed by atoms with Gasteiger partial charge in [-0.25, -0.2) is 14.5 Å². The first-order chi connectivity index (χ1) is 18.5. The van der Waals surface area contributed by atoms with Crippen LogP contribution >= 0.6 is 0 Å². The molecule has 2 aliphatic heterocycles. The maximum absolute atomic E-state index is 12.2. The van der Waals surface area contributed by atoms with Crippen LogP contribution in [0.4, 0.5) is 11.4 Å². The third-order valence-electron chi connectivity index (χ3n) is 7.53. The maximum atomic E-state index is 12.2. The fraction of sp³-hybridized carbons (Fsp3) is 0.367. The number of fused-ring (bicyclic) bond motifs is 1. The van der Waals surface area contributed by atoms with E-state index >= 15 is 0 Å². The molecule has 38 heavy (non-hydrogen) atoms. The van der Waals surface area contributed by atoms with Gasteiger partial charge in [0.1, 0.15) is 0 Å². The molecule has 0 bridgehead atoms. The number of carbonyl (C=O) groups is 1. The predicted molar refractivity (Wildman–Crippen MR) is 150 cm³/mol. The van der Waals surface area contributed by atoms with Crippen molar-refractivity contribution in [2.75, 3.05) is 49.2 Å². The number of morpholine rings is 1. The lowest BCUT2D eigenvalue weighted by atomic mass is 9.97. The van der Waals surface area contributed by atoms with Crippen molar-refractivity contribution in [1.82, 2.24) is 14.8 Å². The number of hydrogen-bond donors (Lipinski definition) is 1. The van der Waals surface area contributed by atoms with Crippen LogP contribution in [0.15, 0.2) is 54.6 Å². The van der Waals surface area contributed by atoms with Gasteiger partial charge in [-0.2, -0.15) is 5.10 Å². The van der Waals surface area contributed by atoms with Crippen LogP contribution in [0.3, 0.4) is 0 Å². The normalized spacial score (nSPS) is 16.1. The minimum absolute atomic E-state index is 0.0110. The number of aromatic carboxylic acids is 1. The molecule has 1 N–H and O–H groups in total. The lowest BCUT2D eigenvalue weighted by Crippen LogP contribution is -2.36. The minimum atomic E-state index is -1.05. The minimum Gasteiger partial charge on any atom is -0.477 e. The van der Waals surface area contributed by atoms with Gasteiger partial charge in [-0.1, -0.05) is 32.0 Å². The topological polar surface area (TPSA) is 83.7 Å². The summed E-state index contributed by atoms with van der Waals surface area (Å²) in [4.78, 5) is 21.5. The highest BCUT2D eigenvalue weighted by Crippen LogP contribution is 2.36. The molecule has 2 aliphatic rings. The Kier molecular flexibility index (Phi) is 6.49. The van der Waals surface area contributed by atoms with Gasteiger partial charge in [-0.05, 0) is 66.3 Å². The molecule has 0 saturated carbocycles. The van der Waals surface area contributed by atoms with Crippen molar-refractivity contribution in [3.05, 3.63) is 66.0 Å². The van der Waals surface area contributed by atoms with Crippen LogP contribution in [0.2, 0.25) is 0 Å². The second kappa shape index (κ2) is 10.1. The molecule has 4 heterocycles. The molecule has 8 nitrogen and oxygen atoms in total. The van der Waals surface area contributed by atoms with Crippen LogP contribution in [0.5, 0.6) is 0 Å². The molecular formula is C30H33N5O3. The number of rotatable bonds is 6. The Morgan fingerprint density at radius 3 is 2.26 bits per heavy atom. The van der Waals surface area contributed by atoms with Gasteiger partial charge in [-0.15, -0.1) is 0 Å². The fourth-order valence-corrected chi connectivity index (χ4v) is 5.53. The molecule has 2 fully saturated rings. The Bertz CT molecular complexity index is 1470. The van der Waals surface area contributed by atoms with E-state index in [9.17, 15) is 9.90 Å². The van der Waals surface area contributed by atoms with Gasteiger partial charge in [0.2, 0.25) is 0 Å². The Morgan fingerprint density at radius 1 is 0.895 bits per heavy atom. The highest BCUT2D eigenvalue weighted by atomic mass is 16.5. The van der Waals surface area contributed by atoms with Crippen LogP contribution in [0.25, 0.3) is 27.8 Å². The summed E-state index contributed by atoms with van der Waals surface area (Å²) in [6, 6.07) is 18.3. The van der Waals surface area contributed by atoms with Crippen molar-refractivity contribution >= 4 is 28.4 Å². The number of pyridine rings is 1. The number of carboxylic acids is 1. The number of carboxylic acid groups (broad SMARTS) is 1. The third-order valence-corrected chi connectivity index (χ3v) is 7.53. The van der Waals surface area contributed by atoms with E-state index in [2.05, 4.69) is 65.0 Å². The van der Waals surface area contributed by atoms with Crippen LogP contribution in [-0.4, -0.2) is 65.2 Å². The Hall–Kier alpha value is -3.91. The summed E-state index contributed by atoms with van der Waals surface area (Å²) in [6.07, 6.45) is 2.40. The molecule has 6 rings (SSSR count). The Labute approximate surface area is 222 Å². The third kappa shape index (κ3) is 4.49. The zero-order chi connectivity index (χ0) is 26.2. The molecule has 2 aromatic heterocycles. The average molecular weight is 512 g/mol. The van der Waals surface area contributed by atoms with Crippen LogP contribution < -0.4 is 9.80 Å². The second-order valence-corrected chi connectivity index (χ2v) is 10.4. The maximum Gasteiger partial charge on any atom is 0.354 e. The molecule has 0 amide bonds. The van der Waals surface area contributed by atoms with Crippen molar-refractivity contribution in [2.45, 2.75) is 32.6 Å². The summed E-state index contributed by atoms with van der Waals surface area (Å²) in [5.41, 5.74) is 6.45. The number of aromatic nitrogens is 3. The van der Waals surface area contributed by atoms with Crippen molar-refractivity contribution in [2.24, 2.45) is 0 Å². The van der Waals surface area contributed by atoms with Crippen molar-refractivity contribution in [1.29, 1.82) is 0 Å². The molecule has 0 atom stereocenters. The number of anilines is 2. The highest BCUT2D eigenvalue weighted by Gasteiger charge is 2.24. The summed E-state index contributed by atoms with van der Waals surface area (Å²) in [6.45, 7) is 9.51. The molecule has 2 aromatic carbocycles. The van der Waals surface area contributed by atoms with Crippen LogP contribution in [0, 0.1) is 0 Å². The zero-order valence-electron chi connectivity index (χ0n) is 21.9. The fourth-order valence-electron chi connectivity index (χ4n) is 5.53. The second-order valence-electron chi connectivity index (χ2n) is 10.4. The lowest BCUT2D eigenvalue weighted by molar-refractivity contribution is 0.0691. The van der Waals surface area contributed by atoms with E-state index in [-0.39, 0.29) is 11.6 Å². The van der Waals surface area contributed by atoms with Gasteiger partial charge in [0.25, 0.3) is 0 Å². The van der Waals surface area contributed by atoms with E-state index in [1.54, 1.807) is 6.07 Å². The quantitative estimate of drug-likeness (QED) is 0.374. The summed E-state index contributed by atoms with van der Waals surface area (Å²) in [5, 5.41) is 15.9. The van der Waals surface area contributed by atoms with Gasteiger partial charge in [0.15, 0.2) is 11.3 Å². The SMILES string of the molecule is CC(C)c1nn(-c2cccc(N3CCCC3)c2)c2nc(C(=O)O)cc(-c3ccc(N4CCOCC4)cc3)c12. The molecule has 8 heteroatoms. The average Bonchev–Trinajstić information content (AvgIpc) is 3.62. The highest BCUT2D eigenvalue weighted by molar-refractivity contribution is 6.00. The summed E-state index contributed by atoms with van der Waals surface area (Å²) < 4.78 is 7.31. The molecule has 0 spiro atoms. The van der Waals surface area contributed by atoms with Crippen molar-refractivity contribution < 1.29 is 14.6 Å². The van der Waals surface area contributed by atoms with Crippen molar-refractivity contribution in [3.63, 3.8) is 0 Å². The summed E-state index contributed by atoms with van der Waals surface area (Å²) >= 11 is 0. The summed E-state index contributed by atoms with van der Waals surface area (Å²) in [5.74, 6) is -0.924. The van der Waals surface area contributed by atoms with Gasteiger partial charge < -0.3 is 19.6 Å². The molecule has 2 saturated heterocycles. The summed E-state index contributed by atoms with van der Waals surface area (Å²) in [7, 11) is 0. The van der Waals surface area contributed by atoms with E-state index in [4.69, 9.17) is 9.84 Å². The van der Waals surface area contributed by atoms with E-state index in [1.165, 1.54) is 12.8 Å². The van der Waals surface area contributed by atoms with Gasteiger partial charge in [-0.3, -0.25) is 0 Å². The van der Waals surface area contributed by atoms with E-state index < -0.39 is 5.97 Å². The predicted octanol–water partition coefficient (Wildman–Crippen LogP) is 5.35. The van der Waals surface area contributed by atoms with Crippen molar-refractivity contribution in [3.8, 4) is 16.8 Å². The standard InChI is InChI=1S/C30H33N5O3/c1-20(2)28-27-25(21-8-10-22(11-9-21)34-14-16-38-17-15-34)19-26(30(36)37)31-29(27)35(32-28)24-7-5-6-23(18-24)33-12-3-4-13-33/h5-11,18-20H,3-4,12-17H2,1-2H3,(H,36,37). The Morgan fingerprint density at radius 2 is 1.58 bits per heavy atom. The van der Waals surface area contributed by atoms with Gasteiger partial charge >= 0.3 is 5.97 Å². The first-order valence-corrected chi connectivity index (χ1v) is 13.4. The molecule has 196 valence electrons. The number of hydrogen-bond acceptors (Lipinski definition) is 6. The number of benzene rings is 2. The Balaban J connectivity index is 1.51. The molecule has 0 unspecified atom stereocenters. The van der Waals surface area contributed by atoms with E-state index in [0.29, 0.717) is 5.65 Å². The first-order valence-electron chi connectivity index (χ1n) is 13.4. The van der Waals surface area contributed by atoms with Gasteiger partial charge in [0, 0.05) is 37.6 Å². The molecule has 0 radical (unpaired) electrons.